The van der Waals surface area contributed by atoms with Gasteiger partial charge >= 0.3 is 0 Å². The van der Waals surface area contributed by atoms with Gasteiger partial charge in [0, 0.05) is 6.42 Å². The Labute approximate surface area is 91.5 Å². The van der Waals surface area contributed by atoms with Crippen molar-refractivity contribution in [2.75, 3.05) is 0 Å². The number of carbonyl (C=O) groups is 1. The number of rotatable bonds is 3. The quantitative estimate of drug-likeness (QED) is 0.685. The minimum Gasteiger partial charge on any atom is -0.303 e. The molecule has 15 heavy (non-hydrogen) atoms. The van der Waals surface area contributed by atoms with Gasteiger partial charge in [-0.1, -0.05) is 43.2 Å². The van der Waals surface area contributed by atoms with Crippen molar-refractivity contribution in [3.05, 3.63) is 35.9 Å². The molecule has 0 radical (unpaired) electrons. The molecular formula is C14H18O. The van der Waals surface area contributed by atoms with Gasteiger partial charge < -0.3 is 4.79 Å². The molecule has 80 valence electrons. The van der Waals surface area contributed by atoms with Crippen LogP contribution in [0.5, 0.6) is 0 Å². The van der Waals surface area contributed by atoms with Crippen molar-refractivity contribution in [2.24, 2.45) is 5.92 Å². The van der Waals surface area contributed by atoms with Crippen molar-refractivity contribution < 1.29 is 4.79 Å². The lowest BCUT2D eigenvalue weighted by Gasteiger charge is -2.30. The van der Waals surface area contributed by atoms with Crippen LogP contribution in [0.3, 0.4) is 0 Å². The Morgan fingerprint density at radius 3 is 2.60 bits per heavy atom. The standard InChI is InChI=1S/C14H18O/c15-11-10-13-8-4-5-9-14(13)12-6-2-1-3-7-12/h1-3,6-7,11,13-14H,4-5,8-10H2/t13-,14+/m1/s1. The second-order valence-corrected chi connectivity index (χ2v) is 4.46. The summed E-state index contributed by atoms with van der Waals surface area (Å²) >= 11 is 0. The smallest absolute Gasteiger partial charge is 0.120 e. The Morgan fingerprint density at radius 1 is 1.13 bits per heavy atom. The van der Waals surface area contributed by atoms with Crippen molar-refractivity contribution in [2.45, 2.75) is 38.0 Å². The highest BCUT2D eigenvalue weighted by molar-refractivity contribution is 5.50. The number of benzene rings is 1. The van der Waals surface area contributed by atoms with E-state index in [1.807, 2.05) is 0 Å². The van der Waals surface area contributed by atoms with Gasteiger partial charge in [-0.05, 0) is 30.2 Å². The van der Waals surface area contributed by atoms with Crippen LogP contribution in [0, 0.1) is 5.92 Å². The van der Waals surface area contributed by atoms with E-state index in [1.165, 1.54) is 31.2 Å². The first-order valence-corrected chi connectivity index (χ1v) is 5.90. The largest absolute Gasteiger partial charge is 0.303 e. The minimum absolute atomic E-state index is 0.582. The maximum Gasteiger partial charge on any atom is 0.120 e. The molecule has 0 amide bonds. The first kappa shape index (κ1) is 10.4. The Bertz CT molecular complexity index is 304. The molecule has 2 atom stereocenters. The molecule has 1 aliphatic carbocycles. The van der Waals surface area contributed by atoms with Gasteiger partial charge in [0.05, 0.1) is 0 Å². The van der Waals surface area contributed by atoms with Crippen molar-refractivity contribution in [1.29, 1.82) is 0 Å². The van der Waals surface area contributed by atoms with Crippen molar-refractivity contribution in [3.63, 3.8) is 0 Å². The fourth-order valence-electron chi connectivity index (χ4n) is 2.75. The van der Waals surface area contributed by atoms with Crippen molar-refractivity contribution >= 4 is 6.29 Å². The Balaban J connectivity index is 2.14. The Kier molecular flexibility index (Phi) is 3.54. The molecule has 0 aromatic heterocycles. The van der Waals surface area contributed by atoms with Gasteiger partial charge in [0.25, 0.3) is 0 Å². The van der Waals surface area contributed by atoms with Crippen molar-refractivity contribution in [3.8, 4) is 0 Å². The molecule has 1 aromatic rings. The van der Waals surface area contributed by atoms with E-state index in [9.17, 15) is 4.79 Å². The second-order valence-electron chi connectivity index (χ2n) is 4.46. The zero-order valence-corrected chi connectivity index (χ0v) is 9.06. The zero-order chi connectivity index (χ0) is 10.5. The van der Waals surface area contributed by atoms with Gasteiger partial charge in [0.2, 0.25) is 0 Å². The number of hydrogen-bond donors (Lipinski definition) is 0. The zero-order valence-electron chi connectivity index (χ0n) is 9.06. The summed E-state index contributed by atoms with van der Waals surface area (Å²) in [6, 6.07) is 10.7. The molecule has 0 saturated heterocycles. The lowest BCUT2D eigenvalue weighted by molar-refractivity contribution is -0.108. The Hall–Kier alpha value is -1.11. The molecule has 1 aromatic carbocycles. The molecule has 0 aliphatic heterocycles. The van der Waals surface area contributed by atoms with E-state index in [4.69, 9.17) is 0 Å². The molecule has 1 heteroatoms. The summed E-state index contributed by atoms with van der Waals surface area (Å²) in [7, 11) is 0. The summed E-state index contributed by atoms with van der Waals surface area (Å²) < 4.78 is 0. The van der Waals surface area contributed by atoms with Crippen LogP contribution in [-0.4, -0.2) is 6.29 Å². The van der Waals surface area contributed by atoms with Gasteiger partial charge in [0.1, 0.15) is 6.29 Å². The minimum atomic E-state index is 0.582. The summed E-state index contributed by atoms with van der Waals surface area (Å²) in [6.45, 7) is 0. The normalized spacial score (nSPS) is 26.1. The molecule has 1 aliphatic rings. The summed E-state index contributed by atoms with van der Waals surface area (Å²) in [5.74, 6) is 1.20. The van der Waals surface area contributed by atoms with E-state index >= 15 is 0 Å². The monoisotopic (exact) mass is 202 g/mol. The fraction of sp³-hybridized carbons (Fsp3) is 0.500. The third-order valence-corrected chi connectivity index (χ3v) is 3.54. The van der Waals surface area contributed by atoms with Crippen LogP contribution in [0.2, 0.25) is 0 Å². The summed E-state index contributed by atoms with van der Waals surface area (Å²) in [4.78, 5) is 10.6. The highest BCUT2D eigenvalue weighted by Gasteiger charge is 2.25. The van der Waals surface area contributed by atoms with Gasteiger partial charge in [-0.3, -0.25) is 0 Å². The van der Waals surface area contributed by atoms with Gasteiger partial charge in [0.15, 0.2) is 0 Å². The molecule has 0 N–H and O–H groups in total. The lowest BCUT2D eigenvalue weighted by Crippen LogP contribution is -2.18. The average Bonchev–Trinajstić information content (AvgIpc) is 2.31. The average molecular weight is 202 g/mol. The Morgan fingerprint density at radius 2 is 1.87 bits per heavy atom. The van der Waals surface area contributed by atoms with E-state index in [-0.39, 0.29) is 0 Å². The van der Waals surface area contributed by atoms with E-state index in [2.05, 4.69) is 30.3 Å². The molecule has 1 fully saturated rings. The topological polar surface area (TPSA) is 17.1 Å². The van der Waals surface area contributed by atoms with Crippen LogP contribution in [-0.2, 0) is 4.79 Å². The van der Waals surface area contributed by atoms with Crippen LogP contribution < -0.4 is 0 Å². The van der Waals surface area contributed by atoms with Gasteiger partial charge in [-0.15, -0.1) is 0 Å². The fourth-order valence-corrected chi connectivity index (χ4v) is 2.75. The van der Waals surface area contributed by atoms with Crippen LogP contribution in [0.15, 0.2) is 30.3 Å². The van der Waals surface area contributed by atoms with E-state index in [0.29, 0.717) is 11.8 Å². The molecule has 0 bridgehead atoms. The number of carbonyl (C=O) groups excluding carboxylic acids is 1. The molecule has 0 heterocycles. The highest BCUT2D eigenvalue weighted by Crippen LogP contribution is 2.38. The van der Waals surface area contributed by atoms with Crippen LogP contribution >= 0.6 is 0 Å². The van der Waals surface area contributed by atoms with Crippen LogP contribution in [0.25, 0.3) is 0 Å². The summed E-state index contributed by atoms with van der Waals surface area (Å²) in [5, 5.41) is 0. The van der Waals surface area contributed by atoms with E-state index < -0.39 is 0 Å². The van der Waals surface area contributed by atoms with Crippen molar-refractivity contribution in [1.82, 2.24) is 0 Å². The van der Waals surface area contributed by atoms with Gasteiger partial charge in [-0.25, -0.2) is 0 Å². The first-order chi connectivity index (χ1) is 7.42. The maximum absolute atomic E-state index is 10.6. The predicted molar refractivity (Wildman–Crippen MR) is 61.8 cm³/mol. The molecule has 2 rings (SSSR count). The number of aldehydes is 1. The number of hydrogen-bond acceptors (Lipinski definition) is 1. The molecule has 1 nitrogen and oxygen atoms in total. The first-order valence-electron chi connectivity index (χ1n) is 5.90. The van der Waals surface area contributed by atoms with Crippen LogP contribution in [0.1, 0.15) is 43.6 Å². The second kappa shape index (κ2) is 5.11. The third-order valence-electron chi connectivity index (χ3n) is 3.54. The summed E-state index contributed by atoms with van der Waals surface area (Å²) in [6.07, 6.45) is 6.91. The molecule has 1 saturated carbocycles. The van der Waals surface area contributed by atoms with E-state index in [0.717, 1.165) is 12.7 Å². The van der Waals surface area contributed by atoms with Gasteiger partial charge in [-0.2, -0.15) is 0 Å². The molecule has 0 unspecified atom stereocenters. The lowest BCUT2D eigenvalue weighted by atomic mass is 9.74. The predicted octanol–water partition coefficient (Wildman–Crippen LogP) is 3.55. The maximum atomic E-state index is 10.6. The highest BCUT2D eigenvalue weighted by atomic mass is 16.1. The third kappa shape index (κ3) is 2.47. The SMILES string of the molecule is O=CC[C@H]1CCCC[C@H]1c1ccccc1. The van der Waals surface area contributed by atoms with Crippen LogP contribution in [0.4, 0.5) is 0 Å². The molecule has 0 spiro atoms. The summed E-state index contributed by atoms with van der Waals surface area (Å²) in [5.41, 5.74) is 1.42. The molecular weight excluding hydrogens is 184 g/mol. The van der Waals surface area contributed by atoms with E-state index in [1.54, 1.807) is 0 Å².